The summed E-state index contributed by atoms with van der Waals surface area (Å²) in [6, 6.07) is 1.94. The maximum atomic E-state index is 5.66. The minimum atomic E-state index is 0.722. The van der Waals surface area contributed by atoms with Crippen LogP contribution in [0.1, 0.15) is 26.2 Å². The third kappa shape index (κ3) is 2.85. The van der Waals surface area contributed by atoms with Crippen LogP contribution in [-0.2, 0) is 0 Å². The van der Waals surface area contributed by atoms with Crippen molar-refractivity contribution in [1.29, 1.82) is 0 Å². The van der Waals surface area contributed by atoms with E-state index in [1.165, 1.54) is 19.3 Å². The lowest BCUT2D eigenvalue weighted by Gasteiger charge is -2.12. The summed E-state index contributed by atoms with van der Waals surface area (Å²) in [7, 11) is 0. The number of rotatable bonds is 3. The Morgan fingerprint density at radius 1 is 1.47 bits per heavy atom. The molecule has 3 N–H and O–H groups in total. The molecule has 3 nitrogen and oxygen atoms in total. The van der Waals surface area contributed by atoms with Gasteiger partial charge in [0, 0.05) is 12.7 Å². The molecule has 0 aliphatic heterocycles. The number of anilines is 2. The molecule has 1 fully saturated rings. The molecule has 82 valence electrons. The topological polar surface area (TPSA) is 50.9 Å². The van der Waals surface area contributed by atoms with Crippen LogP contribution >= 0.6 is 0 Å². The van der Waals surface area contributed by atoms with Crippen molar-refractivity contribution in [2.45, 2.75) is 26.2 Å². The lowest BCUT2D eigenvalue weighted by Crippen LogP contribution is -2.11. The number of nitrogens with zero attached hydrogens (tertiary/aromatic N) is 1. The maximum Gasteiger partial charge on any atom is 0.0547 e. The largest absolute Gasteiger partial charge is 0.397 e. The standard InChI is InChI=1S/C12H19N3/c1-9-2-3-10(4-9)6-15-12-5-11(13)7-14-8-12/h5,7-10,15H,2-4,6,13H2,1H3. The van der Waals surface area contributed by atoms with Crippen LogP contribution in [0.25, 0.3) is 0 Å². The predicted octanol–water partition coefficient (Wildman–Crippen LogP) is 2.51. The lowest BCUT2D eigenvalue weighted by atomic mass is 10.1. The molecule has 1 aromatic heterocycles. The minimum absolute atomic E-state index is 0.722. The minimum Gasteiger partial charge on any atom is -0.397 e. The van der Waals surface area contributed by atoms with Crippen molar-refractivity contribution in [3.63, 3.8) is 0 Å². The predicted molar refractivity (Wildman–Crippen MR) is 63.6 cm³/mol. The molecule has 0 saturated heterocycles. The van der Waals surface area contributed by atoms with Gasteiger partial charge in [0.2, 0.25) is 0 Å². The van der Waals surface area contributed by atoms with Crippen molar-refractivity contribution in [1.82, 2.24) is 4.98 Å². The van der Waals surface area contributed by atoms with Crippen molar-refractivity contribution < 1.29 is 0 Å². The first-order chi connectivity index (χ1) is 7.24. The fourth-order valence-electron chi connectivity index (χ4n) is 2.33. The van der Waals surface area contributed by atoms with Gasteiger partial charge >= 0.3 is 0 Å². The number of aromatic nitrogens is 1. The van der Waals surface area contributed by atoms with Gasteiger partial charge in [-0.1, -0.05) is 13.3 Å². The van der Waals surface area contributed by atoms with Crippen molar-refractivity contribution in [2.75, 3.05) is 17.6 Å². The molecule has 1 aromatic rings. The highest BCUT2D eigenvalue weighted by Crippen LogP contribution is 2.30. The van der Waals surface area contributed by atoms with Crippen molar-refractivity contribution in [3.8, 4) is 0 Å². The van der Waals surface area contributed by atoms with Crippen molar-refractivity contribution in [3.05, 3.63) is 18.5 Å². The van der Waals surface area contributed by atoms with Crippen LogP contribution < -0.4 is 11.1 Å². The Morgan fingerprint density at radius 3 is 3.00 bits per heavy atom. The summed E-state index contributed by atoms with van der Waals surface area (Å²) in [5, 5.41) is 3.41. The molecule has 0 aromatic carbocycles. The van der Waals surface area contributed by atoms with Crippen LogP contribution in [-0.4, -0.2) is 11.5 Å². The number of pyridine rings is 1. The Morgan fingerprint density at radius 2 is 2.33 bits per heavy atom. The van der Waals surface area contributed by atoms with E-state index in [1.807, 2.05) is 12.3 Å². The van der Waals surface area contributed by atoms with E-state index >= 15 is 0 Å². The summed E-state index contributed by atoms with van der Waals surface area (Å²) >= 11 is 0. The van der Waals surface area contributed by atoms with Crippen LogP contribution in [0.3, 0.4) is 0 Å². The molecule has 2 rings (SSSR count). The molecule has 15 heavy (non-hydrogen) atoms. The molecule has 0 amide bonds. The molecule has 2 atom stereocenters. The van der Waals surface area contributed by atoms with E-state index in [0.717, 1.165) is 29.8 Å². The van der Waals surface area contributed by atoms with Gasteiger partial charge in [-0.25, -0.2) is 0 Å². The van der Waals surface area contributed by atoms with Gasteiger partial charge in [-0.05, 0) is 30.7 Å². The van der Waals surface area contributed by atoms with Crippen LogP contribution in [0.4, 0.5) is 11.4 Å². The molecule has 1 aliphatic carbocycles. The van der Waals surface area contributed by atoms with Gasteiger partial charge in [0.25, 0.3) is 0 Å². The summed E-state index contributed by atoms with van der Waals surface area (Å²) < 4.78 is 0. The second-order valence-electron chi connectivity index (χ2n) is 4.67. The molecule has 0 bridgehead atoms. The van der Waals surface area contributed by atoms with Crippen molar-refractivity contribution >= 4 is 11.4 Å². The second kappa shape index (κ2) is 4.51. The van der Waals surface area contributed by atoms with E-state index in [-0.39, 0.29) is 0 Å². The van der Waals surface area contributed by atoms with E-state index in [4.69, 9.17) is 5.73 Å². The van der Waals surface area contributed by atoms with Crippen LogP contribution in [0.2, 0.25) is 0 Å². The average molecular weight is 205 g/mol. The number of nitrogens with two attached hydrogens (primary N) is 1. The Kier molecular flexibility index (Phi) is 3.09. The third-order valence-electron chi connectivity index (χ3n) is 3.16. The van der Waals surface area contributed by atoms with Crippen LogP contribution in [0.15, 0.2) is 18.5 Å². The quantitative estimate of drug-likeness (QED) is 0.797. The first-order valence-corrected chi connectivity index (χ1v) is 5.68. The summed E-state index contributed by atoms with van der Waals surface area (Å²) in [6.45, 7) is 3.39. The number of nitrogens with one attached hydrogen (secondary N) is 1. The Bertz CT molecular complexity index is 324. The Balaban J connectivity index is 1.83. The summed E-state index contributed by atoms with van der Waals surface area (Å²) in [4.78, 5) is 4.06. The lowest BCUT2D eigenvalue weighted by molar-refractivity contribution is 0.537. The Labute approximate surface area is 91.1 Å². The zero-order valence-electron chi connectivity index (χ0n) is 9.24. The number of nitrogen functional groups attached to an aromatic ring is 1. The molecule has 2 unspecified atom stereocenters. The molecule has 1 aliphatic rings. The molecule has 0 radical (unpaired) electrons. The molecule has 0 spiro atoms. The van der Waals surface area contributed by atoms with Gasteiger partial charge in [0.15, 0.2) is 0 Å². The first kappa shape index (κ1) is 10.3. The molecular formula is C12H19N3. The van der Waals surface area contributed by atoms with E-state index in [0.29, 0.717) is 0 Å². The van der Waals surface area contributed by atoms with Gasteiger partial charge in [0.05, 0.1) is 17.6 Å². The van der Waals surface area contributed by atoms with Crippen molar-refractivity contribution in [2.24, 2.45) is 11.8 Å². The monoisotopic (exact) mass is 205 g/mol. The van der Waals surface area contributed by atoms with Gasteiger partial charge < -0.3 is 11.1 Å². The highest BCUT2D eigenvalue weighted by molar-refractivity contribution is 5.51. The fraction of sp³-hybridized carbons (Fsp3) is 0.583. The average Bonchev–Trinajstić information content (AvgIpc) is 2.62. The zero-order valence-corrected chi connectivity index (χ0v) is 9.24. The highest BCUT2D eigenvalue weighted by Gasteiger charge is 2.20. The smallest absolute Gasteiger partial charge is 0.0547 e. The first-order valence-electron chi connectivity index (χ1n) is 5.68. The summed E-state index contributed by atoms with van der Waals surface area (Å²) in [5.74, 6) is 1.72. The molecule has 3 heteroatoms. The van der Waals surface area contributed by atoms with E-state index in [2.05, 4.69) is 17.2 Å². The number of hydrogen-bond donors (Lipinski definition) is 2. The normalized spacial score (nSPS) is 25.4. The number of hydrogen-bond acceptors (Lipinski definition) is 3. The molecule has 1 saturated carbocycles. The molecule has 1 heterocycles. The van der Waals surface area contributed by atoms with E-state index in [9.17, 15) is 0 Å². The van der Waals surface area contributed by atoms with Gasteiger partial charge in [0.1, 0.15) is 0 Å². The summed E-state index contributed by atoms with van der Waals surface area (Å²) in [6.07, 6.45) is 7.58. The zero-order chi connectivity index (χ0) is 10.7. The van der Waals surface area contributed by atoms with E-state index in [1.54, 1.807) is 6.20 Å². The third-order valence-corrected chi connectivity index (χ3v) is 3.16. The van der Waals surface area contributed by atoms with Crippen LogP contribution in [0.5, 0.6) is 0 Å². The maximum absolute atomic E-state index is 5.66. The van der Waals surface area contributed by atoms with Crippen LogP contribution in [0, 0.1) is 11.8 Å². The highest BCUT2D eigenvalue weighted by atomic mass is 14.9. The van der Waals surface area contributed by atoms with Gasteiger partial charge in [-0.15, -0.1) is 0 Å². The van der Waals surface area contributed by atoms with E-state index < -0.39 is 0 Å². The second-order valence-corrected chi connectivity index (χ2v) is 4.67. The SMILES string of the molecule is CC1CCC(CNc2cncc(N)c2)C1. The summed E-state index contributed by atoms with van der Waals surface area (Å²) in [5.41, 5.74) is 7.42. The molecular weight excluding hydrogens is 186 g/mol. The Hall–Kier alpha value is -1.25. The fourth-order valence-corrected chi connectivity index (χ4v) is 2.33. The van der Waals surface area contributed by atoms with Gasteiger partial charge in [-0.3, -0.25) is 4.98 Å². The van der Waals surface area contributed by atoms with Gasteiger partial charge in [-0.2, -0.15) is 0 Å².